The summed E-state index contributed by atoms with van der Waals surface area (Å²) in [4.78, 5) is 13.2. The average Bonchev–Trinajstić information content (AvgIpc) is 3.21. The minimum absolute atomic E-state index is 0.204. The fourth-order valence-corrected chi connectivity index (χ4v) is 3.95. The van der Waals surface area contributed by atoms with E-state index in [4.69, 9.17) is 21.4 Å². The Balaban J connectivity index is 1.72. The highest BCUT2D eigenvalue weighted by Gasteiger charge is 2.30. The molecule has 3 aromatic rings. The Morgan fingerprint density at radius 3 is 2.38 bits per heavy atom. The summed E-state index contributed by atoms with van der Waals surface area (Å²) in [5.74, 6) is 0.285. The molecule has 32 heavy (non-hydrogen) atoms. The molecule has 6 nitrogen and oxygen atoms in total. The Labute approximate surface area is 192 Å². The van der Waals surface area contributed by atoms with E-state index in [0.717, 1.165) is 22.6 Å². The predicted molar refractivity (Wildman–Crippen MR) is 129 cm³/mol. The lowest BCUT2D eigenvalue weighted by atomic mass is 10.1. The average molecular weight is 449 g/mol. The first kappa shape index (κ1) is 21.8. The number of halogens is 1. The lowest BCUT2D eigenvalue weighted by Gasteiger charge is -2.13. The van der Waals surface area contributed by atoms with Gasteiger partial charge in [-0.25, -0.2) is 4.68 Å². The molecule has 0 atom stereocenters. The number of amides is 1. The van der Waals surface area contributed by atoms with Gasteiger partial charge in [-0.3, -0.25) is 4.79 Å². The second-order valence-corrected chi connectivity index (χ2v) is 8.35. The van der Waals surface area contributed by atoms with Crippen LogP contribution in [0.2, 0.25) is 5.02 Å². The molecule has 4 rings (SSSR count). The first-order chi connectivity index (χ1) is 15.2. The van der Waals surface area contributed by atoms with Gasteiger partial charge in [0.1, 0.15) is 5.75 Å². The van der Waals surface area contributed by atoms with Crippen LogP contribution in [-0.2, 0) is 4.79 Å². The van der Waals surface area contributed by atoms with Crippen molar-refractivity contribution in [3.63, 3.8) is 0 Å². The van der Waals surface area contributed by atoms with Crippen molar-refractivity contribution in [1.29, 1.82) is 0 Å². The van der Waals surface area contributed by atoms with Crippen LogP contribution in [-0.4, -0.2) is 28.5 Å². The molecule has 1 amide bonds. The SMILES string of the molecule is COc1cc(N2N=C(C)/C(=C\c3c(C)nn(-c4ccc(C)c(C)c4)c3C)C2=O)ccc1Cl. The van der Waals surface area contributed by atoms with Crippen molar-refractivity contribution in [2.75, 3.05) is 12.1 Å². The molecule has 2 aromatic carbocycles. The number of nitrogens with zero attached hydrogens (tertiary/aromatic N) is 4. The summed E-state index contributed by atoms with van der Waals surface area (Å²) in [6, 6.07) is 11.4. The van der Waals surface area contributed by atoms with E-state index in [1.165, 1.54) is 23.2 Å². The molecule has 0 bridgehead atoms. The number of hydrazone groups is 1. The van der Waals surface area contributed by atoms with Crippen LogP contribution in [0.15, 0.2) is 47.1 Å². The summed E-state index contributed by atoms with van der Waals surface area (Å²) in [6.07, 6.45) is 1.88. The molecule has 7 heteroatoms. The summed E-state index contributed by atoms with van der Waals surface area (Å²) in [6.45, 7) is 9.96. The van der Waals surface area contributed by atoms with Gasteiger partial charge in [-0.15, -0.1) is 0 Å². The minimum Gasteiger partial charge on any atom is -0.495 e. The number of hydrogen-bond acceptors (Lipinski definition) is 4. The number of aromatic nitrogens is 2. The van der Waals surface area contributed by atoms with Crippen LogP contribution < -0.4 is 9.75 Å². The quantitative estimate of drug-likeness (QED) is 0.490. The Kier molecular flexibility index (Phi) is 5.65. The maximum atomic E-state index is 13.2. The fraction of sp³-hybridized carbons (Fsp3) is 0.240. The number of methoxy groups -OCH3 is 1. The summed E-state index contributed by atoms with van der Waals surface area (Å²) in [5, 5.41) is 11.1. The molecule has 0 unspecified atom stereocenters. The smallest absolute Gasteiger partial charge is 0.280 e. The molecule has 1 aliphatic rings. The van der Waals surface area contributed by atoms with Crippen LogP contribution in [0.4, 0.5) is 5.69 Å². The van der Waals surface area contributed by atoms with Gasteiger partial charge in [0.25, 0.3) is 5.91 Å². The molecule has 2 heterocycles. The third kappa shape index (κ3) is 3.71. The molecular weight excluding hydrogens is 424 g/mol. The maximum Gasteiger partial charge on any atom is 0.280 e. The lowest BCUT2D eigenvalue weighted by molar-refractivity contribution is -0.114. The summed E-state index contributed by atoms with van der Waals surface area (Å²) in [5.41, 5.74) is 7.93. The largest absolute Gasteiger partial charge is 0.495 e. The molecule has 0 spiro atoms. The number of rotatable bonds is 4. The van der Waals surface area contributed by atoms with E-state index in [9.17, 15) is 4.79 Å². The van der Waals surface area contributed by atoms with Crippen molar-refractivity contribution in [1.82, 2.24) is 9.78 Å². The topological polar surface area (TPSA) is 59.7 Å². The molecule has 1 aliphatic heterocycles. The van der Waals surface area contributed by atoms with Crippen molar-refractivity contribution in [3.8, 4) is 11.4 Å². The second kappa shape index (κ2) is 8.28. The Hall–Kier alpha value is -3.38. The molecule has 0 N–H and O–H groups in total. The molecule has 0 aliphatic carbocycles. The van der Waals surface area contributed by atoms with Gasteiger partial charge in [0.15, 0.2) is 0 Å². The number of benzene rings is 2. The first-order valence-corrected chi connectivity index (χ1v) is 10.7. The van der Waals surface area contributed by atoms with Gasteiger partial charge in [-0.05, 0) is 76.1 Å². The van der Waals surface area contributed by atoms with Crippen LogP contribution in [0.5, 0.6) is 5.75 Å². The molecule has 164 valence electrons. The van der Waals surface area contributed by atoms with E-state index in [1.807, 2.05) is 31.5 Å². The van der Waals surface area contributed by atoms with E-state index in [0.29, 0.717) is 27.7 Å². The zero-order valence-corrected chi connectivity index (χ0v) is 19.8. The molecule has 0 fully saturated rings. The summed E-state index contributed by atoms with van der Waals surface area (Å²) in [7, 11) is 1.54. The van der Waals surface area contributed by atoms with E-state index < -0.39 is 0 Å². The monoisotopic (exact) mass is 448 g/mol. The minimum atomic E-state index is -0.204. The lowest BCUT2D eigenvalue weighted by Crippen LogP contribution is -2.21. The normalized spacial score (nSPS) is 15.0. The van der Waals surface area contributed by atoms with Crippen molar-refractivity contribution < 1.29 is 9.53 Å². The Morgan fingerprint density at radius 2 is 1.69 bits per heavy atom. The Bertz CT molecular complexity index is 1300. The molecule has 0 radical (unpaired) electrons. The third-order valence-electron chi connectivity index (χ3n) is 5.81. The fourth-order valence-electron chi connectivity index (χ4n) is 3.76. The van der Waals surface area contributed by atoms with Crippen molar-refractivity contribution in [3.05, 3.63) is 75.1 Å². The van der Waals surface area contributed by atoms with Gasteiger partial charge in [0, 0.05) is 17.3 Å². The highest BCUT2D eigenvalue weighted by atomic mass is 35.5. The van der Waals surface area contributed by atoms with Gasteiger partial charge < -0.3 is 4.74 Å². The summed E-state index contributed by atoms with van der Waals surface area (Å²) < 4.78 is 7.20. The number of anilines is 1. The van der Waals surface area contributed by atoms with Gasteiger partial charge in [-0.1, -0.05) is 17.7 Å². The first-order valence-electron chi connectivity index (χ1n) is 10.3. The van der Waals surface area contributed by atoms with Crippen molar-refractivity contribution in [2.24, 2.45) is 5.10 Å². The number of carbonyl (C=O) groups is 1. The van der Waals surface area contributed by atoms with Crippen LogP contribution in [0.25, 0.3) is 11.8 Å². The van der Waals surface area contributed by atoms with Crippen molar-refractivity contribution in [2.45, 2.75) is 34.6 Å². The summed E-state index contributed by atoms with van der Waals surface area (Å²) >= 11 is 6.13. The van der Waals surface area contributed by atoms with E-state index >= 15 is 0 Å². The van der Waals surface area contributed by atoms with Crippen LogP contribution in [0.3, 0.4) is 0 Å². The standard InChI is InChI=1S/C25H25ClN4O2/c1-14-7-8-19(11-15(14)2)29-18(5)21(16(3)27-29)13-22-17(4)28-30(25(22)31)20-9-10-23(26)24(12-20)32-6/h7-13H,1-6H3/b22-13+. The third-order valence-corrected chi connectivity index (χ3v) is 6.13. The van der Waals surface area contributed by atoms with Crippen LogP contribution >= 0.6 is 11.6 Å². The number of aryl methyl sites for hydroxylation is 3. The van der Waals surface area contributed by atoms with Crippen molar-refractivity contribution >= 4 is 35.0 Å². The van der Waals surface area contributed by atoms with Gasteiger partial charge in [-0.2, -0.15) is 15.2 Å². The van der Waals surface area contributed by atoms with E-state index in [-0.39, 0.29) is 5.91 Å². The van der Waals surface area contributed by atoms with Gasteiger partial charge in [0.2, 0.25) is 0 Å². The second-order valence-electron chi connectivity index (χ2n) is 7.94. The Morgan fingerprint density at radius 1 is 0.969 bits per heavy atom. The highest BCUT2D eigenvalue weighted by molar-refractivity contribution is 6.33. The number of hydrogen-bond donors (Lipinski definition) is 0. The van der Waals surface area contributed by atoms with Gasteiger partial charge >= 0.3 is 0 Å². The highest BCUT2D eigenvalue weighted by Crippen LogP contribution is 2.33. The molecule has 1 aromatic heterocycles. The zero-order chi connectivity index (χ0) is 23.2. The maximum absolute atomic E-state index is 13.2. The number of carbonyl (C=O) groups excluding carboxylic acids is 1. The van der Waals surface area contributed by atoms with E-state index in [2.05, 4.69) is 37.1 Å². The zero-order valence-electron chi connectivity index (χ0n) is 19.0. The molecule has 0 saturated carbocycles. The number of ether oxygens (including phenoxy) is 1. The van der Waals surface area contributed by atoms with Crippen LogP contribution in [0.1, 0.15) is 35.0 Å². The molecule has 0 saturated heterocycles. The van der Waals surface area contributed by atoms with Gasteiger partial charge in [0.05, 0.1) is 40.5 Å². The van der Waals surface area contributed by atoms with E-state index in [1.54, 1.807) is 18.2 Å². The predicted octanol–water partition coefficient (Wildman–Crippen LogP) is 5.57. The molecular formula is C25H25ClN4O2. The van der Waals surface area contributed by atoms with Crippen LogP contribution in [0, 0.1) is 27.7 Å².